The second-order valence-electron chi connectivity index (χ2n) is 7.71. The van der Waals surface area contributed by atoms with E-state index in [0.29, 0.717) is 23.7 Å². The Morgan fingerprint density at radius 3 is 2.41 bits per heavy atom. The number of carbonyl (C=O) groups is 1. The maximum Gasteiger partial charge on any atom is 0.278 e. The van der Waals surface area contributed by atoms with Gasteiger partial charge in [-0.05, 0) is 64.4 Å². The molecule has 1 aliphatic carbocycles. The maximum atomic E-state index is 13.0. The van der Waals surface area contributed by atoms with Crippen LogP contribution in [-0.2, 0) is 12.8 Å². The molecule has 6 heteroatoms. The molecule has 5 nitrogen and oxygen atoms in total. The molecule has 0 radical (unpaired) electrons. The Kier molecular flexibility index (Phi) is 5.26. The number of fused-ring (bicyclic) bond motifs is 3. The summed E-state index contributed by atoms with van der Waals surface area (Å²) in [5, 5.41) is 1.12. The van der Waals surface area contributed by atoms with Crippen molar-refractivity contribution in [3.63, 3.8) is 0 Å². The molecule has 0 aromatic carbocycles. The molecule has 3 N–H and O–H groups in total. The number of anilines is 2. The lowest BCUT2D eigenvalue weighted by molar-refractivity contribution is -0.328. The number of H-pyrrole nitrogens is 1. The van der Waals surface area contributed by atoms with E-state index in [-0.39, 0.29) is 5.91 Å². The first-order chi connectivity index (χ1) is 13.2. The SMILES string of the molecule is CCN(CC)C(=O)c1sc2[nH+]c(N3CCCCC3)c3c(c2c1N)CCCC3. The minimum atomic E-state index is 0.0659. The van der Waals surface area contributed by atoms with Crippen molar-refractivity contribution in [1.82, 2.24) is 4.90 Å². The molecule has 0 bridgehead atoms. The molecular weight excluding hydrogens is 356 g/mol. The van der Waals surface area contributed by atoms with Crippen LogP contribution < -0.4 is 15.6 Å². The monoisotopic (exact) mass is 387 g/mol. The van der Waals surface area contributed by atoms with E-state index in [2.05, 4.69) is 9.88 Å². The van der Waals surface area contributed by atoms with Crippen LogP contribution in [0.1, 0.15) is 66.8 Å². The van der Waals surface area contributed by atoms with Gasteiger partial charge >= 0.3 is 0 Å². The number of thiophene rings is 1. The van der Waals surface area contributed by atoms with Crippen LogP contribution in [0.2, 0.25) is 0 Å². The van der Waals surface area contributed by atoms with Crippen molar-refractivity contribution in [2.75, 3.05) is 36.8 Å². The van der Waals surface area contributed by atoms with Crippen LogP contribution in [0.5, 0.6) is 0 Å². The zero-order chi connectivity index (χ0) is 19.0. The summed E-state index contributed by atoms with van der Waals surface area (Å²) in [6.45, 7) is 7.72. The highest BCUT2D eigenvalue weighted by Gasteiger charge is 2.32. The first kappa shape index (κ1) is 18.5. The summed E-state index contributed by atoms with van der Waals surface area (Å²) < 4.78 is 0. The van der Waals surface area contributed by atoms with Crippen LogP contribution in [0, 0.1) is 0 Å². The summed E-state index contributed by atoms with van der Waals surface area (Å²) in [7, 11) is 0. The number of nitrogens with one attached hydrogen (secondary N) is 1. The van der Waals surface area contributed by atoms with E-state index in [0.717, 1.165) is 36.1 Å². The van der Waals surface area contributed by atoms with Crippen molar-refractivity contribution >= 4 is 39.0 Å². The van der Waals surface area contributed by atoms with Crippen LogP contribution >= 0.6 is 11.3 Å². The molecule has 2 aliphatic rings. The van der Waals surface area contributed by atoms with Crippen molar-refractivity contribution in [1.29, 1.82) is 0 Å². The summed E-state index contributed by atoms with van der Waals surface area (Å²) >= 11 is 1.54. The van der Waals surface area contributed by atoms with Gasteiger partial charge in [0.15, 0.2) is 4.83 Å². The molecule has 27 heavy (non-hydrogen) atoms. The van der Waals surface area contributed by atoms with Crippen LogP contribution in [-0.4, -0.2) is 37.0 Å². The van der Waals surface area contributed by atoms with Gasteiger partial charge < -0.3 is 10.6 Å². The number of piperidine rings is 1. The Morgan fingerprint density at radius 2 is 1.74 bits per heavy atom. The lowest BCUT2D eigenvalue weighted by atomic mass is 9.89. The zero-order valence-electron chi connectivity index (χ0n) is 16.6. The number of carbonyl (C=O) groups excluding carboxylic acids is 1. The summed E-state index contributed by atoms with van der Waals surface area (Å²) in [6.07, 6.45) is 8.49. The van der Waals surface area contributed by atoms with Gasteiger partial charge in [-0.25, -0.2) is 4.98 Å². The Balaban J connectivity index is 1.87. The first-order valence-corrected chi connectivity index (χ1v) is 11.3. The van der Waals surface area contributed by atoms with E-state index in [9.17, 15) is 4.79 Å². The predicted octanol–water partition coefficient (Wildman–Crippen LogP) is 3.65. The minimum Gasteiger partial charge on any atom is -0.397 e. The van der Waals surface area contributed by atoms with E-state index < -0.39 is 0 Å². The normalized spacial score (nSPS) is 17.2. The number of hydrogen-bond donors (Lipinski definition) is 1. The fourth-order valence-electron chi connectivity index (χ4n) is 4.66. The third-order valence-electron chi connectivity index (χ3n) is 6.15. The predicted molar refractivity (Wildman–Crippen MR) is 113 cm³/mol. The molecule has 146 valence electrons. The van der Waals surface area contributed by atoms with Crippen molar-refractivity contribution in [3.05, 3.63) is 16.0 Å². The van der Waals surface area contributed by atoms with Gasteiger partial charge in [0.05, 0.1) is 24.2 Å². The highest BCUT2D eigenvalue weighted by atomic mass is 32.1. The second kappa shape index (κ2) is 7.66. The average molecular weight is 388 g/mol. The molecule has 1 amide bonds. The number of nitrogens with two attached hydrogens (primary N) is 1. The number of aryl methyl sites for hydroxylation is 1. The van der Waals surface area contributed by atoms with E-state index in [1.807, 2.05) is 18.7 Å². The molecule has 3 heterocycles. The Labute approximate surface area is 165 Å². The number of amides is 1. The fraction of sp³-hybridized carbons (Fsp3) is 0.619. The Morgan fingerprint density at radius 1 is 1.07 bits per heavy atom. The molecule has 0 saturated carbocycles. The van der Waals surface area contributed by atoms with Gasteiger partial charge in [0.2, 0.25) is 0 Å². The number of pyridine rings is 1. The van der Waals surface area contributed by atoms with Gasteiger partial charge in [-0.1, -0.05) is 11.3 Å². The highest BCUT2D eigenvalue weighted by Crippen LogP contribution is 2.40. The molecule has 2 aromatic heterocycles. The fourth-order valence-corrected chi connectivity index (χ4v) is 5.77. The zero-order valence-corrected chi connectivity index (χ0v) is 17.4. The van der Waals surface area contributed by atoms with Crippen molar-refractivity contribution in [2.24, 2.45) is 0 Å². The third-order valence-corrected chi connectivity index (χ3v) is 7.26. The average Bonchev–Trinajstić information content (AvgIpc) is 3.05. The molecule has 0 spiro atoms. The van der Waals surface area contributed by atoms with Crippen molar-refractivity contribution < 1.29 is 9.78 Å². The second-order valence-corrected chi connectivity index (χ2v) is 8.73. The lowest BCUT2D eigenvalue weighted by Crippen LogP contribution is -2.36. The van der Waals surface area contributed by atoms with Gasteiger partial charge in [0.25, 0.3) is 11.7 Å². The van der Waals surface area contributed by atoms with Crippen LogP contribution in [0.25, 0.3) is 10.2 Å². The molecule has 1 fully saturated rings. The summed E-state index contributed by atoms with van der Waals surface area (Å²) in [5.74, 6) is 1.36. The maximum absolute atomic E-state index is 13.0. The topological polar surface area (TPSA) is 63.7 Å². The van der Waals surface area contributed by atoms with Gasteiger partial charge in [-0.3, -0.25) is 9.69 Å². The highest BCUT2D eigenvalue weighted by molar-refractivity contribution is 7.20. The van der Waals surface area contributed by atoms with Crippen LogP contribution in [0.3, 0.4) is 0 Å². The standard InChI is InChI=1S/C21H30N4OS/c1-3-24(4-2)21(26)18-17(22)16-14-10-6-7-11-15(14)19(23-20(16)27-18)25-12-8-5-9-13-25/h3-13,22H2,1-2H3/p+1. The van der Waals surface area contributed by atoms with Gasteiger partial charge in [-0.15, -0.1) is 0 Å². The number of rotatable bonds is 4. The summed E-state index contributed by atoms with van der Waals surface area (Å²) in [5.41, 5.74) is 10.1. The quantitative estimate of drug-likeness (QED) is 0.871. The van der Waals surface area contributed by atoms with Crippen molar-refractivity contribution in [2.45, 2.75) is 58.8 Å². The van der Waals surface area contributed by atoms with E-state index in [1.165, 1.54) is 49.0 Å². The van der Waals surface area contributed by atoms with Crippen molar-refractivity contribution in [3.8, 4) is 0 Å². The molecule has 0 unspecified atom stereocenters. The van der Waals surface area contributed by atoms with Gasteiger partial charge in [-0.2, -0.15) is 0 Å². The Hall–Kier alpha value is -1.82. The lowest BCUT2D eigenvalue weighted by Gasteiger charge is -2.26. The molecule has 2 aromatic rings. The minimum absolute atomic E-state index is 0.0659. The number of aromatic nitrogens is 1. The largest absolute Gasteiger partial charge is 0.397 e. The molecule has 0 atom stereocenters. The number of nitrogens with zero attached hydrogens (tertiary/aromatic N) is 2. The van der Waals surface area contributed by atoms with Gasteiger partial charge in [0.1, 0.15) is 4.88 Å². The smallest absolute Gasteiger partial charge is 0.278 e. The summed E-state index contributed by atoms with van der Waals surface area (Å²) in [6, 6.07) is 0. The van der Waals surface area contributed by atoms with E-state index >= 15 is 0 Å². The molecule has 4 rings (SSSR count). The summed E-state index contributed by atoms with van der Waals surface area (Å²) in [4.78, 5) is 22.9. The van der Waals surface area contributed by atoms with E-state index in [1.54, 1.807) is 11.3 Å². The van der Waals surface area contributed by atoms with E-state index in [4.69, 9.17) is 5.73 Å². The third kappa shape index (κ3) is 3.18. The van der Waals surface area contributed by atoms with Gasteiger partial charge in [0, 0.05) is 18.7 Å². The number of aromatic amines is 1. The number of nitrogen functional groups attached to an aromatic ring is 1. The molecule has 1 saturated heterocycles. The Bertz CT molecular complexity index is 850. The molecular formula is C21H31N4OS+. The first-order valence-electron chi connectivity index (χ1n) is 10.5. The number of hydrogen-bond acceptors (Lipinski definition) is 4. The van der Waals surface area contributed by atoms with Crippen LogP contribution in [0.4, 0.5) is 11.5 Å². The van der Waals surface area contributed by atoms with Crippen LogP contribution in [0.15, 0.2) is 0 Å². The molecule has 1 aliphatic heterocycles.